The fourth-order valence-corrected chi connectivity index (χ4v) is 3.76. The molecule has 0 fully saturated rings. The fourth-order valence-electron chi connectivity index (χ4n) is 3.76. The van der Waals surface area contributed by atoms with E-state index in [1.165, 1.54) is 0 Å². The van der Waals surface area contributed by atoms with Gasteiger partial charge < -0.3 is 53.4 Å². The van der Waals surface area contributed by atoms with Crippen LogP contribution in [0.4, 0.5) is 0 Å². The van der Waals surface area contributed by atoms with Gasteiger partial charge in [-0.3, -0.25) is 19.2 Å². The van der Waals surface area contributed by atoms with Crippen molar-refractivity contribution in [1.29, 1.82) is 0 Å². The maximum absolute atomic E-state index is 12.5. The summed E-state index contributed by atoms with van der Waals surface area (Å²) in [5, 5.41) is 54.4. The van der Waals surface area contributed by atoms with E-state index in [0.29, 0.717) is 24.9 Å². The highest BCUT2D eigenvalue weighted by Gasteiger charge is 2.37. The van der Waals surface area contributed by atoms with Crippen LogP contribution in [0.5, 0.6) is 0 Å². The summed E-state index contributed by atoms with van der Waals surface area (Å²) in [4.78, 5) is 48.4. The molecule has 0 saturated heterocycles. The highest BCUT2D eigenvalue weighted by Crippen LogP contribution is 2.17. The van der Waals surface area contributed by atoms with E-state index in [1.807, 2.05) is 0 Å². The van der Waals surface area contributed by atoms with Crippen molar-refractivity contribution in [3.8, 4) is 0 Å². The molecule has 1 aromatic rings. The molecule has 0 spiro atoms. The molecule has 13 N–H and O–H groups in total. The average Bonchev–Trinajstić information content (AvgIpc) is 2.92. The Morgan fingerprint density at radius 3 is 2.05 bits per heavy atom. The summed E-state index contributed by atoms with van der Waals surface area (Å²) in [6, 6.07) is 3.57. The first kappa shape index (κ1) is 34.0. The fraction of sp³-hybridized carbons (Fsp3) is 0.600. The van der Waals surface area contributed by atoms with Crippen LogP contribution < -0.4 is 27.8 Å². The Hall–Kier alpha value is -2.98. The molecule has 7 atom stereocenters. The highest BCUT2D eigenvalue weighted by atomic mass is 16.4. The van der Waals surface area contributed by atoms with Gasteiger partial charge >= 0.3 is 5.97 Å². The number of benzene rings is 1. The number of hydrogen-bond donors (Lipinski definition) is 10. The summed E-state index contributed by atoms with van der Waals surface area (Å²) < 4.78 is 0. The Morgan fingerprint density at radius 1 is 0.846 bits per heavy atom. The van der Waals surface area contributed by atoms with Gasteiger partial charge in [0.15, 0.2) is 6.10 Å². The first-order valence-electron chi connectivity index (χ1n) is 12.7. The molecular weight excluding hydrogens is 514 g/mol. The first-order valence-corrected chi connectivity index (χ1v) is 12.7. The Balaban J connectivity index is 2.70. The maximum atomic E-state index is 12.5. The molecule has 0 unspecified atom stereocenters. The van der Waals surface area contributed by atoms with Gasteiger partial charge in [-0.1, -0.05) is 36.8 Å². The Labute approximate surface area is 226 Å². The molecule has 0 bridgehead atoms. The summed E-state index contributed by atoms with van der Waals surface area (Å²) >= 11 is 0. The lowest BCUT2D eigenvalue weighted by molar-refractivity contribution is -0.145. The Bertz CT molecular complexity index is 920. The minimum Gasteiger partial charge on any atom is -0.481 e. The van der Waals surface area contributed by atoms with Gasteiger partial charge in [-0.25, -0.2) is 0 Å². The zero-order valence-electron chi connectivity index (χ0n) is 21.7. The van der Waals surface area contributed by atoms with E-state index >= 15 is 0 Å². The van der Waals surface area contributed by atoms with Gasteiger partial charge in [0.1, 0.15) is 18.0 Å². The predicted octanol–water partition coefficient (Wildman–Crippen LogP) is -2.99. The molecule has 1 rings (SSSR count). The molecule has 14 nitrogen and oxygen atoms in total. The van der Waals surface area contributed by atoms with Crippen LogP contribution in [0.25, 0.3) is 0 Å². The van der Waals surface area contributed by atoms with Crippen molar-refractivity contribution in [1.82, 2.24) is 10.6 Å². The summed E-state index contributed by atoms with van der Waals surface area (Å²) in [6.07, 6.45) is -5.23. The lowest BCUT2D eigenvalue weighted by atomic mass is 9.98. The number of carbonyl (C=O) groups is 4. The van der Waals surface area contributed by atoms with Crippen LogP contribution >= 0.6 is 0 Å². The average molecular weight is 556 g/mol. The Morgan fingerprint density at radius 2 is 1.49 bits per heavy atom. The molecule has 0 radical (unpaired) electrons. The van der Waals surface area contributed by atoms with Crippen LogP contribution in [0.3, 0.4) is 0 Å². The van der Waals surface area contributed by atoms with Crippen LogP contribution in [-0.4, -0.2) is 98.7 Å². The van der Waals surface area contributed by atoms with Crippen LogP contribution in [0.1, 0.15) is 50.1 Å². The number of rotatable bonds is 19. The number of Topliss-reactive ketones (excluding diaryl/α,β-unsaturated/α-hetero) is 1. The quantitative estimate of drug-likeness (QED) is 0.0765. The second-order valence-electron chi connectivity index (χ2n) is 9.30. The molecule has 39 heavy (non-hydrogen) atoms. The molecule has 2 amide bonds. The second kappa shape index (κ2) is 17.6. The van der Waals surface area contributed by atoms with Gasteiger partial charge in [-0.2, -0.15) is 0 Å². The van der Waals surface area contributed by atoms with Crippen molar-refractivity contribution in [3.63, 3.8) is 0 Å². The van der Waals surface area contributed by atoms with E-state index in [-0.39, 0.29) is 18.6 Å². The van der Waals surface area contributed by atoms with Crippen molar-refractivity contribution in [2.45, 2.75) is 81.0 Å². The van der Waals surface area contributed by atoms with Crippen molar-refractivity contribution in [2.24, 2.45) is 17.2 Å². The number of aliphatic hydroxyl groups is 4. The van der Waals surface area contributed by atoms with E-state index < -0.39 is 73.3 Å². The molecule has 1 aromatic carbocycles. The number of ketones is 1. The third-order valence-corrected chi connectivity index (χ3v) is 6.20. The maximum Gasteiger partial charge on any atom is 0.305 e. The van der Waals surface area contributed by atoms with Crippen LogP contribution in [0.2, 0.25) is 0 Å². The van der Waals surface area contributed by atoms with E-state index in [2.05, 4.69) is 10.6 Å². The smallest absolute Gasteiger partial charge is 0.305 e. The molecule has 0 aliphatic rings. The third kappa shape index (κ3) is 11.7. The van der Waals surface area contributed by atoms with E-state index in [9.17, 15) is 39.6 Å². The normalized spacial score (nSPS) is 16.7. The van der Waals surface area contributed by atoms with Gasteiger partial charge in [0.2, 0.25) is 5.91 Å². The van der Waals surface area contributed by atoms with Gasteiger partial charge in [0.25, 0.3) is 5.91 Å². The Kier molecular flexibility index (Phi) is 15.3. The van der Waals surface area contributed by atoms with Crippen LogP contribution in [0, 0.1) is 0 Å². The topological polar surface area (TPSA) is 272 Å². The van der Waals surface area contributed by atoms with Crippen molar-refractivity contribution >= 4 is 23.6 Å². The molecule has 0 aliphatic heterocycles. The minimum atomic E-state index is -2.24. The number of nitrogens with one attached hydrogen (secondary N) is 2. The summed E-state index contributed by atoms with van der Waals surface area (Å²) in [6.45, 7) is -0.402. The van der Waals surface area contributed by atoms with Crippen molar-refractivity contribution in [3.05, 3.63) is 35.9 Å². The number of carbonyl (C=O) groups excluding carboxylic acids is 3. The number of carboxylic acids is 1. The lowest BCUT2D eigenvalue weighted by Crippen LogP contribution is -2.58. The summed E-state index contributed by atoms with van der Waals surface area (Å²) in [5.41, 5.74) is 17.5. The number of amides is 2. The van der Waals surface area contributed by atoms with Crippen LogP contribution in [0.15, 0.2) is 30.3 Å². The number of unbranched alkanes of at least 4 members (excludes halogenated alkanes) is 1. The molecular formula is C25H41N5O9. The minimum absolute atomic E-state index is 0.0679. The van der Waals surface area contributed by atoms with E-state index in [0.717, 1.165) is 6.42 Å². The number of nitrogens with two attached hydrogens (primary N) is 3. The van der Waals surface area contributed by atoms with Crippen molar-refractivity contribution < 1.29 is 44.7 Å². The van der Waals surface area contributed by atoms with Gasteiger partial charge in [-0.15, -0.1) is 0 Å². The van der Waals surface area contributed by atoms with Gasteiger partial charge in [0, 0.05) is 6.42 Å². The number of carboxylic acid groups (broad SMARTS) is 1. The second-order valence-corrected chi connectivity index (χ2v) is 9.30. The predicted molar refractivity (Wildman–Crippen MR) is 140 cm³/mol. The summed E-state index contributed by atoms with van der Waals surface area (Å²) in [7, 11) is 0. The molecule has 0 heterocycles. The zero-order chi connectivity index (χ0) is 29.5. The SMILES string of the molecule is NCCCC[C@H](N)C(=O)CC[C@H](N)C(=O)N[C@@H](CO)[C@@H](O)[C@@H](O)[C@H](O)C(=O)N[C@@H](CC(=O)O)c1ccccc1. The van der Waals surface area contributed by atoms with Crippen LogP contribution in [-0.2, 0) is 19.2 Å². The van der Waals surface area contributed by atoms with Gasteiger partial charge in [0.05, 0.1) is 37.2 Å². The number of hydrogen-bond acceptors (Lipinski definition) is 11. The zero-order valence-corrected chi connectivity index (χ0v) is 21.7. The van der Waals surface area contributed by atoms with Crippen molar-refractivity contribution in [2.75, 3.05) is 13.2 Å². The van der Waals surface area contributed by atoms with Gasteiger partial charge in [-0.05, 0) is 31.4 Å². The van der Waals surface area contributed by atoms with E-state index in [4.69, 9.17) is 22.3 Å². The molecule has 0 aromatic heterocycles. The first-order chi connectivity index (χ1) is 18.4. The molecule has 0 saturated carbocycles. The largest absolute Gasteiger partial charge is 0.481 e. The molecule has 0 aliphatic carbocycles. The summed E-state index contributed by atoms with van der Waals surface area (Å²) in [5.74, 6) is -3.55. The number of aliphatic carboxylic acids is 1. The monoisotopic (exact) mass is 555 g/mol. The van der Waals surface area contributed by atoms with E-state index in [1.54, 1.807) is 30.3 Å². The number of aliphatic hydroxyl groups excluding tert-OH is 4. The molecule has 14 heteroatoms. The highest BCUT2D eigenvalue weighted by molar-refractivity contribution is 5.86. The molecule has 220 valence electrons. The third-order valence-electron chi connectivity index (χ3n) is 6.20. The standard InChI is InChI=1S/C25H41N5O9/c26-11-5-4-8-15(27)19(32)10-9-16(28)24(38)30-18(13-31)21(35)22(36)23(37)25(39)29-17(12-20(33)34)14-6-2-1-3-7-14/h1-3,6-7,15-18,21-23,31,35-37H,4-5,8-13,26-28H2,(H,29,39)(H,30,38)(H,33,34)/t15-,16-,17-,18-,21+,22+,23-/m0/s1. The lowest BCUT2D eigenvalue weighted by Gasteiger charge is -2.30.